The SMILES string of the molecule is CC(C)(CN)Cc1ccc(Cl)c(NC(=O)OC(C)(C)C)c1. The Morgan fingerprint density at radius 1 is 1.29 bits per heavy atom. The third-order valence-corrected chi connectivity index (χ3v) is 3.23. The molecule has 0 aliphatic carbocycles. The number of benzene rings is 1. The summed E-state index contributed by atoms with van der Waals surface area (Å²) >= 11 is 6.12. The lowest BCUT2D eigenvalue weighted by Crippen LogP contribution is -2.27. The number of nitrogens with two attached hydrogens (primary N) is 1. The Hall–Kier alpha value is -1.26. The molecule has 5 heteroatoms. The summed E-state index contributed by atoms with van der Waals surface area (Å²) in [7, 11) is 0. The number of rotatable bonds is 4. The summed E-state index contributed by atoms with van der Waals surface area (Å²) in [6.07, 6.45) is 0.295. The number of hydrogen-bond donors (Lipinski definition) is 2. The monoisotopic (exact) mass is 312 g/mol. The summed E-state index contributed by atoms with van der Waals surface area (Å²) in [6.45, 7) is 10.2. The van der Waals surface area contributed by atoms with E-state index in [1.54, 1.807) is 6.07 Å². The van der Waals surface area contributed by atoms with E-state index in [0.717, 1.165) is 12.0 Å². The molecule has 0 heterocycles. The van der Waals surface area contributed by atoms with Crippen LogP contribution in [0.2, 0.25) is 5.02 Å². The zero-order chi connectivity index (χ0) is 16.3. The Morgan fingerprint density at radius 2 is 1.90 bits per heavy atom. The van der Waals surface area contributed by atoms with E-state index >= 15 is 0 Å². The first-order chi connectivity index (χ1) is 9.52. The fourth-order valence-corrected chi connectivity index (χ4v) is 1.98. The van der Waals surface area contributed by atoms with Crippen LogP contribution in [-0.2, 0) is 11.2 Å². The molecule has 0 aliphatic heterocycles. The molecule has 0 fully saturated rings. The smallest absolute Gasteiger partial charge is 0.412 e. The standard InChI is InChI=1S/C16H25ClN2O2/c1-15(2,3)21-14(20)19-13-8-11(6-7-12(13)17)9-16(4,5)10-18/h6-8H,9-10,18H2,1-5H3,(H,19,20). The molecule has 0 aromatic heterocycles. The van der Waals surface area contributed by atoms with Crippen LogP contribution in [0.4, 0.5) is 10.5 Å². The minimum Gasteiger partial charge on any atom is -0.444 e. The van der Waals surface area contributed by atoms with Crippen molar-refractivity contribution in [3.05, 3.63) is 28.8 Å². The third kappa shape index (κ3) is 6.36. The lowest BCUT2D eigenvalue weighted by atomic mass is 9.86. The predicted octanol–water partition coefficient (Wildman–Crippen LogP) is 4.21. The van der Waals surface area contributed by atoms with Gasteiger partial charge >= 0.3 is 6.09 Å². The summed E-state index contributed by atoms with van der Waals surface area (Å²) in [6, 6.07) is 5.58. The van der Waals surface area contributed by atoms with Crippen molar-refractivity contribution in [1.29, 1.82) is 0 Å². The van der Waals surface area contributed by atoms with Crippen LogP contribution in [0.15, 0.2) is 18.2 Å². The van der Waals surface area contributed by atoms with E-state index in [0.29, 0.717) is 17.3 Å². The first-order valence-corrected chi connectivity index (χ1v) is 7.39. The van der Waals surface area contributed by atoms with Crippen LogP contribution in [0.3, 0.4) is 0 Å². The highest BCUT2D eigenvalue weighted by Crippen LogP contribution is 2.27. The molecular weight excluding hydrogens is 288 g/mol. The highest BCUT2D eigenvalue weighted by molar-refractivity contribution is 6.33. The maximum atomic E-state index is 11.8. The van der Waals surface area contributed by atoms with Crippen LogP contribution in [0.25, 0.3) is 0 Å². The average Bonchev–Trinajstić information content (AvgIpc) is 2.31. The maximum absolute atomic E-state index is 11.8. The lowest BCUT2D eigenvalue weighted by Gasteiger charge is -2.23. The lowest BCUT2D eigenvalue weighted by molar-refractivity contribution is 0.0636. The van der Waals surface area contributed by atoms with Gasteiger partial charge in [0, 0.05) is 0 Å². The highest BCUT2D eigenvalue weighted by Gasteiger charge is 2.19. The van der Waals surface area contributed by atoms with E-state index in [-0.39, 0.29) is 5.41 Å². The van der Waals surface area contributed by atoms with Crippen LogP contribution in [0.1, 0.15) is 40.2 Å². The van der Waals surface area contributed by atoms with Gasteiger partial charge in [-0.05, 0) is 56.8 Å². The molecule has 0 spiro atoms. The topological polar surface area (TPSA) is 64.3 Å². The van der Waals surface area contributed by atoms with Crippen molar-refractivity contribution in [3.63, 3.8) is 0 Å². The molecule has 3 N–H and O–H groups in total. The number of carbonyl (C=O) groups is 1. The Labute approximate surface area is 132 Å². The van der Waals surface area contributed by atoms with Crippen molar-refractivity contribution >= 4 is 23.4 Å². The Morgan fingerprint density at radius 3 is 2.43 bits per heavy atom. The second-order valence-electron chi connectivity index (χ2n) is 6.99. The molecular formula is C16H25ClN2O2. The molecule has 0 saturated carbocycles. The van der Waals surface area contributed by atoms with Gasteiger partial charge in [0.15, 0.2) is 0 Å². The average molecular weight is 313 g/mol. The molecule has 118 valence electrons. The maximum Gasteiger partial charge on any atom is 0.412 e. The van der Waals surface area contributed by atoms with Gasteiger partial charge in [-0.3, -0.25) is 5.32 Å². The summed E-state index contributed by atoms with van der Waals surface area (Å²) in [4.78, 5) is 11.8. The molecule has 0 bridgehead atoms. The predicted molar refractivity (Wildman–Crippen MR) is 87.8 cm³/mol. The zero-order valence-electron chi connectivity index (χ0n) is 13.4. The summed E-state index contributed by atoms with van der Waals surface area (Å²) < 4.78 is 5.23. The summed E-state index contributed by atoms with van der Waals surface area (Å²) in [5.74, 6) is 0. The first kappa shape index (κ1) is 17.8. The second kappa shape index (κ2) is 6.67. The number of amides is 1. The molecule has 4 nitrogen and oxygen atoms in total. The van der Waals surface area contributed by atoms with Crippen molar-refractivity contribution in [2.24, 2.45) is 11.1 Å². The van der Waals surface area contributed by atoms with E-state index in [2.05, 4.69) is 19.2 Å². The Balaban J connectivity index is 2.86. The quantitative estimate of drug-likeness (QED) is 0.875. The number of ether oxygens (including phenoxy) is 1. The van der Waals surface area contributed by atoms with Crippen molar-refractivity contribution in [2.45, 2.75) is 46.6 Å². The van der Waals surface area contributed by atoms with Crippen LogP contribution >= 0.6 is 11.6 Å². The highest BCUT2D eigenvalue weighted by atomic mass is 35.5. The molecule has 1 aromatic carbocycles. The van der Waals surface area contributed by atoms with Gasteiger partial charge < -0.3 is 10.5 Å². The van der Waals surface area contributed by atoms with Gasteiger partial charge in [0.1, 0.15) is 5.60 Å². The van der Waals surface area contributed by atoms with Crippen LogP contribution in [0, 0.1) is 5.41 Å². The van der Waals surface area contributed by atoms with Crippen LogP contribution in [0.5, 0.6) is 0 Å². The summed E-state index contributed by atoms with van der Waals surface area (Å²) in [5.41, 5.74) is 6.83. The van der Waals surface area contributed by atoms with Gasteiger partial charge in [-0.25, -0.2) is 4.79 Å². The van der Waals surface area contributed by atoms with Gasteiger partial charge in [-0.2, -0.15) is 0 Å². The number of hydrogen-bond acceptors (Lipinski definition) is 3. The van der Waals surface area contributed by atoms with E-state index in [1.807, 2.05) is 32.9 Å². The van der Waals surface area contributed by atoms with Gasteiger partial charge in [0.25, 0.3) is 0 Å². The molecule has 0 unspecified atom stereocenters. The molecule has 0 radical (unpaired) electrons. The van der Waals surface area contributed by atoms with Crippen molar-refractivity contribution in [2.75, 3.05) is 11.9 Å². The number of halogens is 1. The van der Waals surface area contributed by atoms with E-state index in [4.69, 9.17) is 22.1 Å². The minimum absolute atomic E-state index is 0.00296. The fourth-order valence-electron chi connectivity index (χ4n) is 1.82. The van der Waals surface area contributed by atoms with Gasteiger partial charge in [0.2, 0.25) is 0 Å². The number of anilines is 1. The zero-order valence-corrected chi connectivity index (χ0v) is 14.2. The molecule has 1 amide bonds. The van der Waals surface area contributed by atoms with Gasteiger partial charge in [-0.15, -0.1) is 0 Å². The van der Waals surface area contributed by atoms with E-state index in [9.17, 15) is 4.79 Å². The van der Waals surface area contributed by atoms with Crippen molar-refractivity contribution in [3.8, 4) is 0 Å². The van der Waals surface area contributed by atoms with Crippen LogP contribution < -0.4 is 11.1 Å². The van der Waals surface area contributed by atoms with Gasteiger partial charge in [0.05, 0.1) is 10.7 Å². The normalized spacial score (nSPS) is 12.1. The molecule has 1 aromatic rings. The van der Waals surface area contributed by atoms with Gasteiger partial charge in [-0.1, -0.05) is 31.5 Å². The first-order valence-electron chi connectivity index (χ1n) is 7.01. The van der Waals surface area contributed by atoms with Crippen molar-refractivity contribution in [1.82, 2.24) is 0 Å². The molecule has 0 aliphatic rings. The van der Waals surface area contributed by atoms with E-state index < -0.39 is 11.7 Å². The molecule has 1 rings (SSSR count). The van der Waals surface area contributed by atoms with E-state index in [1.165, 1.54) is 0 Å². The van der Waals surface area contributed by atoms with Crippen molar-refractivity contribution < 1.29 is 9.53 Å². The second-order valence-corrected chi connectivity index (χ2v) is 7.39. The molecule has 0 saturated heterocycles. The molecule has 0 atom stereocenters. The number of nitrogens with one attached hydrogen (secondary N) is 1. The summed E-state index contributed by atoms with van der Waals surface area (Å²) in [5, 5.41) is 3.17. The van der Waals surface area contributed by atoms with Crippen LogP contribution in [-0.4, -0.2) is 18.2 Å². The third-order valence-electron chi connectivity index (χ3n) is 2.90. The Bertz CT molecular complexity index is 507. The fraction of sp³-hybridized carbons (Fsp3) is 0.562. The minimum atomic E-state index is -0.546. The molecule has 21 heavy (non-hydrogen) atoms. The number of carbonyl (C=O) groups excluding carboxylic acids is 1. The largest absolute Gasteiger partial charge is 0.444 e. The Kier molecular flexibility index (Phi) is 5.65.